The fourth-order valence-electron chi connectivity index (χ4n) is 3.50. The molecule has 0 unspecified atom stereocenters. The van der Waals surface area contributed by atoms with Gasteiger partial charge in [0.1, 0.15) is 17.2 Å². The molecule has 3 aromatic heterocycles. The fourth-order valence-corrected chi connectivity index (χ4v) is 3.50. The first-order valence-corrected chi connectivity index (χ1v) is 10.9. The number of carbonyl (C=O) groups excluding carboxylic acids is 1. The van der Waals surface area contributed by atoms with E-state index in [1.54, 1.807) is 23.3 Å². The molecule has 1 atom stereocenters. The van der Waals surface area contributed by atoms with E-state index in [0.29, 0.717) is 22.7 Å². The first-order valence-electron chi connectivity index (χ1n) is 10.9. The second kappa shape index (κ2) is 9.23. The van der Waals surface area contributed by atoms with E-state index >= 15 is 0 Å². The van der Waals surface area contributed by atoms with E-state index in [4.69, 9.17) is 0 Å². The zero-order valence-corrected chi connectivity index (χ0v) is 19.4. The van der Waals surface area contributed by atoms with Crippen LogP contribution in [0.2, 0.25) is 0 Å². The lowest BCUT2D eigenvalue weighted by atomic mass is 10.1. The van der Waals surface area contributed by atoms with Gasteiger partial charge in [-0.25, -0.2) is 19.6 Å². The Morgan fingerprint density at radius 3 is 2.61 bits per heavy atom. The van der Waals surface area contributed by atoms with E-state index in [2.05, 4.69) is 36.0 Å². The van der Waals surface area contributed by atoms with Crippen LogP contribution in [-0.4, -0.2) is 36.7 Å². The molecule has 0 aliphatic heterocycles. The highest BCUT2D eigenvalue weighted by Crippen LogP contribution is 2.22. The van der Waals surface area contributed by atoms with Crippen molar-refractivity contribution in [3.05, 3.63) is 65.6 Å². The molecule has 0 saturated carbocycles. The van der Waals surface area contributed by atoms with Crippen molar-refractivity contribution in [1.82, 2.24) is 24.7 Å². The Morgan fingerprint density at radius 2 is 1.85 bits per heavy atom. The Hall–Kier alpha value is -4.01. The zero-order chi connectivity index (χ0) is 23.5. The van der Waals surface area contributed by atoms with Crippen LogP contribution in [0.5, 0.6) is 0 Å². The average Bonchev–Trinajstić information content (AvgIpc) is 3.15. The lowest BCUT2D eigenvalue weighted by molar-refractivity contribution is 0.102. The number of aryl methyl sites for hydroxylation is 2. The van der Waals surface area contributed by atoms with Gasteiger partial charge in [0, 0.05) is 25.0 Å². The molecule has 0 radical (unpaired) electrons. The summed E-state index contributed by atoms with van der Waals surface area (Å²) in [5.74, 6) is 1.24. The molecule has 0 spiro atoms. The Bertz CT molecular complexity index is 1300. The summed E-state index contributed by atoms with van der Waals surface area (Å²) in [6.45, 7) is 8.07. The molecule has 4 aromatic rings. The Morgan fingerprint density at radius 1 is 1.03 bits per heavy atom. The van der Waals surface area contributed by atoms with Crippen LogP contribution in [0.15, 0.2) is 48.9 Å². The normalized spacial score (nSPS) is 12.1. The monoisotopic (exact) mass is 444 g/mol. The number of hydrogen-bond acceptors (Lipinski definition) is 7. The maximum Gasteiger partial charge on any atom is 0.257 e. The quantitative estimate of drug-likeness (QED) is 0.389. The summed E-state index contributed by atoms with van der Waals surface area (Å²) in [5.41, 5.74) is 4.62. The Kier molecular flexibility index (Phi) is 6.21. The number of hydrogen-bond donors (Lipinski definition) is 3. The van der Waals surface area contributed by atoms with E-state index < -0.39 is 0 Å². The summed E-state index contributed by atoms with van der Waals surface area (Å²) in [6.07, 6.45) is 4.97. The van der Waals surface area contributed by atoms with Gasteiger partial charge in [-0.05, 0) is 57.0 Å². The lowest BCUT2D eigenvalue weighted by Gasteiger charge is -2.16. The number of benzene rings is 1. The van der Waals surface area contributed by atoms with E-state index in [1.807, 2.05) is 65.1 Å². The summed E-state index contributed by atoms with van der Waals surface area (Å²) in [7, 11) is 1.84. The van der Waals surface area contributed by atoms with Gasteiger partial charge in [0.15, 0.2) is 5.65 Å². The second-order valence-electron chi connectivity index (χ2n) is 8.37. The van der Waals surface area contributed by atoms with Gasteiger partial charge >= 0.3 is 0 Å². The number of nitrogens with zero attached hydrogens (tertiary/aromatic N) is 5. The first kappa shape index (κ1) is 22.2. The predicted octanol–water partition coefficient (Wildman–Crippen LogP) is 4.31. The molecule has 0 bridgehead atoms. The molecular formula is C24H28N8O. The van der Waals surface area contributed by atoms with Crippen molar-refractivity contribution in [2.24, 2.45) is 7.05 Å². The van der Waals surface area contributed by atoms with Gasteiger partial charge in [-0.3, -0.25) is 4.79 Å². The predicted molar refractivity (Wildman–Crippen MR) is 130 cm³/mol. The number of nitrogens with one attached hydrogen (secondary N) is 3. The molecule has 3 heterocycles. The smallest absolute Gasteiger partial charge is 0.257 e. The van der Waals surface area contributed by atoms with Gasteiger partial charge < -0.3 is 16.0 Å². The second-order valence-corrected chi connectivity index (χ2v) is 8.37. The number of carbonyl (C=O) groups is 1. The standard InChI is InChI=1S/C24H28N8O/c1-14(2)28-22-15(3)9-18(11-26-22)24(33)30-19-8-6-7-17(10-19)16(4)29-21-13-25-20-12-27-32(5)23(20)31-21/h6-14,16H,1-5H3,(H,26,28)(H,29,31)(H,30,33)/t16-/m0/s1. The van der Waals surface area contributed by atoms with Crippen LogP contribution in [0.1, 0.15) is 48.3 Å². The third kappa shape index (κ3) is 5.08. The van der Waals surface area contributed by atoms with Gasteiger partial charge in [0.2, 0.25) is 0 Å². The minimum absolute atomic E-state index is 0.0490. The summed E-state index contributed by atoms with van der Waals surface area (Å²) in [5, 5.41) is 13.8. The van der Waals surface area contributed by atoms with Crippen LogP contribution in [0.25, 0.3) is 11.2 Å². The molecular weight excluding hydrogens is 416 g/mol. The molecule has 33 heavy (non-hydrogen) atoms. The molecule has 4 rings (SSSR count). The molecule has 0 saturated heterocycles. The van der Waals surface area contributed by atoms with Crippen molar-refractivity contribution in [3.8, 4) is 0 Å². The molecule has 3 N–H and O–H groups in total. The highest BCUT2D eigenvalue weighted by atomic mass is 16.1. The summed E-state index contributed by atoms with van der Waals surface area (Å²) in [6, 6.07) is 9.79. The van der Waals surface area contributed by atoms with E-state index in [9.17, 15) is 4.79 Å². The fraction of sp³-hybridized carbons (Fsp3) is 0.292. The summed E-state index contributed by atoms with van der Waals surface area (Å²) in [4.78, 5) is 26.2. The molecule has 9 nitrogen and oxygen atoms in total. The van der Waals surface area contributed by atoms with Crippen molar-refractivity contribution in [2.45, 2.75) is 39.8 Å². The van der Waals surface area contributed by atoms with E-state index in [1.165, 1.54) is 0 Å². The van der Waals surface area contributed by atoms with Crippen LogP contribution in [0.4, 0.5) is 17.3 Å². The van der Waals surface area contributed by atoms with Crippen LogP contribution >= 0.6 is 0 Å². The molecule has 1 amide bonds. The van der Waals surface area contributed by atoms with Gasteiger partial charge in [0.25, 0.3) is 5.91 Å². The Labute approximate surface area is 192 Å². The van der Waals surface area contributed by atoms with Crippen LogP contribution in [0, 0.1) is 6.92 Å². The highest BCUT2D eigenvalue weighted by Gasteiger charge is 2.13. The van der Waals surface area contributed by atoms with Crippen molar-refractivity contribution in [1.29, 1.82) is 0 Å². The lowest BCUT2D eigenvalue weighted by Crippen LogP contribution is -2.16. The molecule has 0 aliphatic rings. The zero-order valence-electron chi connectivity index (χ0n) is 19.4. The first-order chi connectivity index (χ1) is 15.8. The van der Waals surface area contributed by atoms with Gasteiger partial charge in [0.05, 0.1) is 24.0 Å². The highest BCUT2D eigenvalue weighted by molar-refractivity contribution is 6.04. The molecule has 0 fully saturated rings. The third-order valence-electron chi connectivity index (χ3n) is 5.22. The topological polar surface area (TPSA) is 110 Å². The minimum atomic E-state index is -0.202. The van der Waals surface area contributed by atoms with Crippen LogP contribution in [-0.2, 0) is 7.05 Å². The number of fused-ring (bicyclic) bond motifs is 1. The molecule has 0 aliphatic carbocycles. The maximum absolute atomic E-state index is 12.8. The summed E-state index contributed by atoms with van der Waals surface area (Å²) < 4.78 is 1.69. The molecule has 1 aromatic carbocycles. The number of aromatic nitrogens is 5. The summed E-state index contributed by atoms with van der Waals surface area (Å²) >= 11 is 0. The van der Waals surface area contributed by atoms with Crippen molar-refractivity contribution >= 4 is 34.4 Å². The largest absolute Gasteiger partial charge is 0.368 e. The number of rotatable bonds is 7. The average molecular weight is 445 g/mol. The maximum atomic E-state index is 12.8. The third-order valence-corrected chi connectivity index (χ3v) is 5.22. The van der Waals surface area contributed by atoms with Gasteiger partial charge in [-0.15, -0.1) is 0 Å². The Balaban J connectivity index is 1.46. The van der Waals surface area contributed by atoms with E-state index in [0.717, 1.165) is 22.5 Å². The van der Waals surface area contributed by atoms with Crippen LogP contribution in [0.3, 0.4) is 0 Å². The van der Waals surface area contributed by atoms with Crippen molar-refractivity contribution < 1.29 is 4.79 Å². The number of amides is 1. The van der Waals surface area contributed by atoms with Gasteiger partial charge in [-0.1, -0.05) is 12.1 Å². The minimum Gasteiger partial charge on any atom is -0.368 e. The van der Waals surface area contributed by atoms with E-state index in [-0.39, 0.29) is 18.0 Å². The van der Waals surface area contributed by atoms with Gasteiger partial charge in [-0.2, -0.15) is 5.10 Å². The van der Waals surface area contributed by atoms with Crippen molar-refractivity contribution in [3.63, 3.8) is 0 Å². The molecule has 9 heteroatoms. The SMILES string of the molecule is Cc1cc(C(=O)Nc2cccc([C@H](C)Nc3cnc4cnn(C)c4n3)c2)cnc1NC(C)C. The number of pyridine rings is 1. The van der Waals surface area contributed by atoms with Crippen molar-refractivity contribution in [2.75, 3.05) is 16.0 Å². The van der Waals surface area contributed by atoms with Crippen LogP contribution < -0.4 is 16.0 Å². The number of anilines is 3. The molecule has 170 valence electrons.